The predicted octanol–water partition coefficient (Wildman–Crippen LogP) is 1.39. The maximum atomic E-state index is 11.7. The molecule has 0 spiro atoms. The summed E-state index contributed by atoms with van der Waals surface area (Å²) in [6, 6.07) is 6.11. The summed E-state index contributed by atoms with van der Waals surface area (Å²) in [6.45, 7) is 2.87. The van der Waals surface area contributed by atoms with Gasteiger partial charge in [0.05, 0.1) is 12.2 Å². The lowest BCUT2D eigenvalue weighted by atomic mass is 10.1. The largest absolute Gasteiger partial charge is 0.322 e. The van der Waals surface area contributed by atoms with Crippen molar-refractivity contribution in [3.8, 4) is 0 Å². The van der Waals surface area contributed by atoms with Gasteiger partial charge in [-0.3, -0.25) is 4.79 Å². The second-order valence-corrected chi connectivity index (χ2v) is 4.66. The van der Waals surface area contributed by atoms with Crippen LogP contribution in [0.1, 0.15) is 5.56 Å². The maximum absolute atomic E-state index is 11.7. The van der Waals surface area contributed by atoms with E-state index in [4.69, 9.17) is 5.73 Å². The van der Waals surface area contributed by atoms with Crippen LogP contribution in [0.4, 0.5) is 5.69 Å². The molecule has 1 amide bonds. The normalized spacial score (nSPS) is 14.9. The number of para-hydroxylation sites is 1. The van der Waals surface area contributed by atoms with E-state index in [1.54, 1.807) is 16.7 Å². The van der Waals surface area contributed by atoms with E-state index in [2.05, 4.69) is 6.07 Å². The summed E-state index contributed by atoms with van der Waals surface area (Å²) in [5.74, 6) is 0.952. The molecule has 1 aliphatic heterocycles. The molecule has 0 atom stereocenters. The van der Waals surface area contributed by atoms with Gasteiger partial charge in [-0.2, -0.15) is 0 Å². The number of nitrogens with zero attached hydrogens (tertiary/aromatic N) is 1. The fourth-order valence-corrected chi connectivity index (χ4v) is 2.89. The number of hydrogen-bond acceptors (Lipinski definition) is 3. The number of fused-ring (bicyclic) bond motifs is 1. The van der Waals surface area contributed by atoms with Crippen LogP contribution in [0.5, 0.6) is 0 Å². The van der Waals surface area contributed by atoms with Gasteiger partial charge in [-0.25, -0.2) is 0 Å². The summed E-state index contributed by atoms with van der Waals surface area (Å²) in [5, 5.41) is 0. The minimum absolute atomic E-state index is 0.00542. The molecule has 2 N–H and O–H groups in total. The van der Waals surface area contributed by atoms with Crippen molar-refractivity contribution >= 4 is 23.4 Å². The predicted molar refractivity (Wildman–Crippen MR) is 63.3 cm³/mol. The molecular formula is C11H14N2OS. The molecule has 0 radical (unpaired) electrons. The molecule has 0 saturated carbocycles. The van der Waals surface area contributed by atoms with Gasteiger partial charge in [0.2, 0.25) is 5.91 Å². The zero-order valence-corrected chi connectivity index (χ0v) is 9.51. The standard InChI is InChI=1S/C11H14N2OS/c1-8-3-2-4-9-11(8)13(5-6-15-9)10(14)7-12/h2-4H,5-7,12H2,1H3. The average Bonchev–Trinajstić information content (AvgIpc) is 2.28. The van der Waals surface area contributed by atoms with Crippen molar-refractivity contribution in [1.82, 2.24) is 0 Å². The summed E-state index contributed by atoms with van der Waals surface area (Å²) < 4.78 is 0. The quantitative estimate of drug-likeness (QED) is 0.781. The van der Waals surface area contributed by atoms with Crippen molar-refractivity contribution in [2.24, 2.45) is 5.73 Å². The van der Waals surface area contributed by atoms with Gasteiger partial charge in [-0.1, -0.05) is 12.1 Å². The van der Waals surface area contributed by atoms with Crippen LogP contribution in [-0.2, 0) is 4.79 Å². The number of amides is 1. The number of aryl methyl sites for hydroxylation is 1. The Morgan fingerprint density at radius 3 is 3.13 bits per heavy atom. The smallest absolute Gasteiger partial charge is 0.240 e. The highest BCUT2D eigenvalue weighted by atomic mass is 32.2. The van der Waals surface area contributed by atoms with Gasteiger partial charge in [0.15, 0.2) is 0 Å². The fraction of sp³-hybridized carbons (Fsp3) is 0.364. The molecular weight excluding hydrogens is 208 g/mol. The van der Waals surface area contributed by atoms with Gasteiger partial charge in [-0.05, 0) is 18.6 Å². The van der Waals surface area contributed by atoms with Crippen LogP contribution < -0.4 is 10.6 Å². The fourth-order valence-electron chi connectivity index (χ4n) is 1.81. The van der Waals surface area contributed by atoms with Gasteiger partial charge in [0.1, 0.15) is 0 Å². The van der Waals surface area contributed by atoms with Gasteiger partial charge in [0.25, 0.3) is 0 Å². The first-order valence-corrected chi connectivity index (χ1v) is 5.95. The van der Waals surface area contributed by atoms with Crippen molar-refractivity contribution in [2.75, 3.05) is 23.7 Å². The Kier molecular flexibility index (Phi) is 2.98. The molecule has 0 aliphatic carbocycles. The highest BCUT2D eigenvalue weighted by Gasteiger charge is 2.23. The minimum atomic E-state index is 0.00542. The van der Waals surface area contributed by atoms with Crippen LogP contribution >= 0.6 is 11.8 Å². The number of anilines is 1. The molecule has 0 unspecified atom stereocenters. The van der Waals surface area contributed by atoms with Crippen LogP contribution in [0, 0.1) is 6.92 Å². The first-order chi connectivity index (χ1) is 7.24. The van der Waals surface area contributed by atoms with E-state index < -0.39 is 0 Å². The van der Waals surface area contributed by atoms with E-state index >= 15 is 0 Å². The monoisotopic (exact) mass is 222 g/mol. The minimum Gasteiger partial charge on any atom is -0.322 e. The number of benzene rings is 1. The second-order valence-electron chi connectivity index (χ2n) is 3.52. The van der Waals surface area contributed by atoms with Crippen LogP contribution in [0.15, 0.2) is 23.1 Å². The molecule has 0 aromatic heterocycles. The third kappa shape index (κ3) is 1.87. The van der Waals surface area contributed by atoms with Gasteiger partial charge in [-0.15, -0.1) is 11.8 Å². The highest BCUT2D eigenvalue weighted by molar-refractivity contribution is 7.99. The molecule has 15 heavy (non-hydrogen) atoms. The van der Waals surface area contributed by atoms with Crippen LogP contribution in [0.25, 0.3) is 0 Å². The molecule has 1 aromatic carbocycles. The lowest BCUT2D eigenvalue weighted by Crippen LogP contribution is -2.39. The molecule has 1 heterocycles. The number of rotatable bonds is 1. The van der Waals surface area contributed by atoms with Gasteiger partial charge >= 0.3 is 0 Å². The van der Waals surface area contributed by atoms with Crippen molar-refractivity contribution in [3.63, 3.8) is 0 Å². The SMILES string of the molecule is Cc1cccc2c1N(C(=O)CN)CCS2. The van der Waals surface area contributed by atoms with E-state index in [9.17, 15) is 4.79 Å². The molecule has 80 valence electrons. The number of carbonyl (C=O) groups is 1. The number of thioether (sulfide) groups is 1. The van der Waals surface area contributed by atoms with E-state index in [1.807, 2.05) is 19.1 Å². The molecule has 3 nitrogen and oxygen atoms in total. The Hall–Kier alpha value is -1.000. The Bertz CT molecular complexity index is 392. The lowest BCUT2D eigenvalue weighted by molar-refractivity contribution is -0.117. The Morgan fingerprint density at radius 1 is 1.60 bits per heavy atom. The second kappa shape index (κ2) is 4.24. The average molecular weight is 222 g/mol. The Labute approximate surface area is 93.6 Å². The molecule has 1 aromatic rings. The van der Waals surface area contributed by atoms with Crippen molar-refractivity contribution in [3.05, 3.63) is 23.8 Å². The topological polar surface area (TPSA) is 46.3 Å². The first-order valence-electron chi connectivity index (χ1n) is 4.97. The van der Waals surface area contributed by atoms with Crippen molar-refractivity contribution in [2.45, 2.75) is 11.8 Å². The zero-order chi connectivity index (χ0) is 10.8. The van der Waals surface area contributed by atoms with Gasteiger partial charge < -0.3 is 10.6 Å². The van der Waals surface area contributed by atoms with E-state index in [1.165, 1.54) is 4.90 Å². The molecule has 2 rings (SSSR count). The summed E-state index contributed by atoms with van der Waals surface area (Å²) in [6.07, 6.45) is 0. The highest BCUT2D eigenvalue weighted by Crippen LogP contribution is 2.36. The third-order valence-corrected chi connectivity index (χ3v) is 3.55. The van der Waals surface area contributed by atoms with Gasteiger partial charge in [0, 0.05) is 17.2 Å². The van der Waals surface area contributed by atoms with Crippen LogP contribution in [0.3, 0.4) is 0 Å². The maximum Gasteiger partial charge on any atom is 0.240 e. The Balaban J connectivity index is 2.45. The molecule has 4 heteroatoms. The van der Waals surface area contributed by atoms with Crippen molar-refractivity contribution in [1.29, 1.82) is 0 Å². The summed E-state index contributed by atoms with van der Waals surface area (Å²) >= 11 is 1.80. The van der Waals surface area contributed by atoms with Crippen molar-refractivity contribution < 1.29 is 4.79 Å². The first kappa shape index (κ1) is 10.5. The number of carbonyl (C=O) groups excluding carboxylic acids is 1. The number of hydrogen-bond donors (Lipinski definition) is 1. The lowest BCUT2D eigenvalue weighted by Gasteiger charge is -2.30. The van der Waals surface area contributed by atoms with Crippen LogP contribution in [0.2, 0.25) is 0 Å². The van der Waals surface area contributed by atoms with Crippen LogP contribution in [-0.4, -0.2) is 24.7 Å². The molecule has 0 bridgehead atoms. The number of nitrogens with two attached hydrogens (primary N) is 1. The third-order valence-electron chi connectivity index (χ3n) is 2.52. The molecule has 0 fully saturated rings. The summed E-state index contributed by atoms with van der Waals surface area (Å²) in [4.78, 5) is 14.7. The Morgan fingerprint density at radius 2 is 2.40 bits per heavy atom. The van der Waals surface area contributed by atoms with E-state index in [-0.39, 0.29) is 12.5 Å². The molecule has 1 aliphatic rings. The zero-order valence-electron chi connectivity index (χ0n) is 8.69. The molecule has 0 saturated heterocycles. The summed E-state index contributed by atoms with van der Waals surface area (Å²) in [5.41, 5.74) is 7.60. The summed E-state index contributed by atoms with van der Waals surface area (Å²) in [7, 11) is 0. The van der Waals surface area contributed by atoms with E-state index in [0.717, 1.165) is 23.5 Å². The van der Waals surface area contributed by atoms with E-state index in [0.29, 0.717) is 0 Å².